The molecule has 19 heteroatoms. The predicted octanol–water partition coefficient (Wildman–Crippen LogP) is 24.8. The molecule has 606 valence electrons. The fraction of sp³-hybridized carbons (Fsp3) is 0.952. The van der Waals surface area contributed by atoms with Gasteiger partial charge in [-0.2, -0.15) is 0 Å². The standard InChI is InChI=1S/C83H162O17P2/c1-9-76(8)62-54-46-38-33-34-40-48-56-64-81(86)94-70-79(100-83(88)66-58-50-42-32-26-20-14-17-23-29-37-45-53-61-75(6)7)72-98-102(91,92)96-68-77(84)67-95-101(89,90)97-71-78(69-93-80(85)63-55-47-39-30-24-19-13-16-22-28-36-44-52-60-74(4)5)99-82(87)65-57-49-41-31-25-18-12-10-11-15-21-27-35-43-51-59-73(2)3/h73-79,84H,9-72H2,1-8H3,(H,89,90)(H,91,92)/t76?,77-,78-,79-/m1/s1. The normalized spacial score (nSPS) is 14.3. The number of phosphoric ester groups is 2. The molecule has 0 fully saturated rings. The highest BCUT2D eigenvalue weighted by molar-refractivity contribution is 7.47. The van der Waals surface area contributed by atoms with Crippen molar-refractivity contribution in [2.75, 3.05) is 39.6 Å². The number of ether oxygens (including phenoxy) is 4. The van der Waals surface area contributed by atoms with Crippen LogP contribution >= 0.6 is 15.6 Å². The van der Waals surface area contributed by atoms with E-state index in [9.17, 15) is 43.2 Å². The Bertz CT molecular complexity index is 1990. The summed E-state index contributed by atoms with van der Waals surface area (Å²) in [5, 5.41) is 10.7. The molecule has 0 saturated heterocycles. The molecule has 0 aromatic rings. The van der Waals surface area contributed by atoms with Crippen molar-refractivity contribution >= 4 is 39.5 Å². The van der Waals surface area contributed by atoms with Crippen LogP contribution in [0.5, 0.6) is 0 Å². The van der Waals surface area contributed by atoms with Gasteiger partial charge in [0.2, 0.25) is 0 Å². The van der Waals surface area contributed by atoms with E-state index in [1.54, 1.807) is 0 Å². The first kappa shape index (κ1) is 100. The van der Waals surface area contributed by atoms with Crippen LogP contribution in [0.1, 0.15) is 428 Å². The van der Waals surface area contributed by atoms with Crippen LogP contribution in [0.4, 0.5) is 0 Å². The van der Waals surface area contributed by atoms with Crippen molar-refractivity contribution in [2.24, 2.45) is 23.7 Å². The molecule has 0 spiro atoms. The SMILES string of the molecule is CCC(C)CCCCCCCCCCC(=O)OC[C@H](COP(=O)(O)OC[C@H](O)COP(=O)(O)OC[C@@H](COC(=O)CCCCCCCCCCCCCCCC(C)C)OC(=O)CCCCCCCCCCCCCCCCCC(C)C)OC(=O)CCCCCCCCCCCCCCCC(C)C. The van der Waals surface area contributed by atoms with Gasteiger partial charge in [0, 0.05) is 25.7 Å². The molecule has 0 radical (unpaired) electrons. The zero-order valence-corrected chi connectivity index (χ0v) is 69.0. The second kappa shape index (κ2) is 72.0. The van der Waals surface area contributed by atoms with Gasteiger partial charge < -0.3 is 33.8 Å². The van der Waals surface area contributed by atoms with E-state index in [-0.39, 0.29) is 25.7 Å². The average molecular weight is 1490 g/mol. The smallest absolute Gasteiger partial charge is 0.462 e. The molecule has 0 saturated carbocycles. The third-order valence-electron chi connectivity index (χ3n) is 19.7. The summed E-state index contributed by atoms with van der Waals surface area (Å²) in [6.45, 7) is 14.3. The summed E-state index contributed by atoms with van der Waals surface area (Å²) < 4.78 is 68.8. The van der Waals surface area contributed by atoms with Gasteiger partial charge in [0.15, 0.2) is 12.2 Å². The first-order valence-corrected chi connectivity index (χ1v) is 45.7. The van der Waals surface area contributed by atoms with E-state index in [0.29, 0.717) is 25.7 Å². The molecule has 0 aliphatic carbocycles. The highest BCUT2D eigenvalue weighted by Gasteiger charge is 2.30. The van der Waals surface area contributed by atoms with Crippen molar-refractivity contribution in [3.05, 3.63) is 0 Å². The number of hydrogen-bond acceptors (Lipinski definition) is 15. The maximum absolute atomic E-state index is 13.1. The molecule has 0 rings (SSSR count). The summed E-state index contributed by atoms with van der Waals surface area (Å²) in [5.74, 6) is 1.05. The number of esters is 4. The Labute approximate surface area is 626 Å². The Morgan fingerprint density at radius 2 is 0.471 bits per heavy atom. The molecule has 0 aromatic heterocycles. The molecule has 6 atom stereocenters. The van der Waals surface area contributed by atoms with Crippen molar-refractivity contribution in [2.45, 2.75) is 446 Å². The maximum atomic E-state index is 13.1. The van der Waals surface area contributed by atoms with E-state index in [4.69, 9.17) is 37.0 Å². The number of carbonyl (C=O) groups is 4. The highest BCUT2D eigenvalue weighted by atomic mass is 31.2. The number of carbonyl (C=O) groups excluding carboxylic acids is 4. The molecule has 3 N–H and O–H groups in total. The van der Waals surface area contributed by atoms with Crippen molar-refractivity contribution in [1.82, 2.24) is 0 Å². The molecular weight excluding hydrogens is 1330 g/mol. The van der Waals surface area contributed by atoms with E-state index >= 15 is 0 Å². The van der Waals surface area contributed by atoms with E-state index in [1.807, 2.05) is 0 Å². The van der Waals surface area contributed by atoms with Gasteiger partial charge in [-0.15, -0.1) is 0 Å². The molecule has 17 nitrogen and oxygen atoms in total. The van der Waals surface area contributed by atoms with Crippen LogP contribution in [0.3, 0.4) is 0 Å². The van der Waals surface area contributed by atoms with Crippen LogP contribution in [-0.4, -0.2) is 96.7 Å². The summed E-state index contributed by atoms with van der Waals surface area (Å²) in [6, 6.07) is 0. The fourth-order valence-corrected chi connectivity index (χ4v) is 14.3. The van der Waals surface area contributed by atoms with E-state index < -0.39 is 97.5 Å². The zero-order valence-electron chi connectivity index (χ0n) is 67.2. The fourth-order valence-electron chi connectivity index (χ4n) is 12.8. The van der Waals surface area contributed by atoms with Crippen LogP contribution in [0.2, 0.25) is 0 Å². The topological polar surface area (TPSA) is 237 Å². The molecule has 0 aliphatic heterocycles. The Kier molecular flexibility index (Phi) is 70.6. The molecule has 0 heterocycles. The number of aliphatic hydroxyl groups is 1. The van der Waals surface area contributed by atoms with Crippen LogP contribution < -0.4 is 0 Å². The lowest BCUT2D eigenvalue weighted by Crippen LogP contribution is -2.30. The lowest BCUT2D eigenvalue weighted by atomic mass is 9.99. The minimum atomic E-state index is -4.96. The van der Waals surface area contributed by atoms with Gasteiger partial charge in [0.05, 0.1) is 26.4 Å². The van der Waals surface area contributed by atoms with Crippen LogP contribution in [0, 0.1) is 23.7 Å². The van der Waals surface area contributed by atoms with Gasteiger partial charge in [-0.1, -0.05) is 376 Å². The maximum Gasteiger partial charge on any atom is 0.472 e. The Morgan fingerprint density at radius 3 is 0.696 bits per heavy atom. The summed E-state index contributed by atoms with van der Waals surface area (Å²) >= 11 is 0. The second-order valence-electron chi connectivity index (χ2n) is 31.5. The quantitative estimate of drug-likeness (QED) is 0.0222. The summed E-state index contributed by atoms with van der Waals surface area (Å²) in [6.07, 6.45) is 59.5. The Balaban J connectivity index is 5.28. The van der Waals surface area contributed by atoms with Crippen molar-refractivity contribution in [1.29, 1.82) is 0 Å². The Hall–Kier alpha value is -1.94. The van der Waals surface area contributed by atoms with Gasteiger partial charge >= 0.3 is 39.5 Å². The van der Waals surface area contributed by atoms with Crippen molar-refractivity contribution < 1.29 is 80.2 Å². The molecular formula is C83H162O17P2. The molecule has 3 unspecified atom stereocenters. The first-order valence-electron chi connectivity index (χ1n) is 42.7. The number of phosphoric acid groups is 2. The minimum Gasteiger partial charge on any atom is -0.462 e. The van der Waals surface area contributed by atoms with Gasteiger partial charge in [-0.05, 0) is 49.4 Å². The lowest BCUT2D eigenvalue weighted by molar-refractivity contribution is -0.161. The molecule has 0 aromatic carbocycles. The van der Waals surface area contributed by atoms with Crippen molar-refractivity contribution in [3.63, 3.8) is 0 Å². The van der Waals surface area contributed by atoms with E-state index in [0.717, 1.165) is 114 Å². The predicted molar refractivity (Wildman–Crippen MR) is 418 cm³/mol. The minimum absolute atomic E-state index is 0.107. The van der Waals surface area contributed by atoms with Gasteiger partial charge in [-0.25, -0.2) is 9.13 Å². The van der Waals surface area contributed by atoms with Crippen LogP contribution in [0.15, 0.2) is 0 Å². The Morgan fingerprint density at radius 1 is 0.275 bits per heavy atom. The molecule has 0 amide bonds. The number of unbranched alkanes of at least 4 members (excludes halogenated alkanes) is 45. The summed E-state index contributed by atoms with van der Waals surface area (Å²) in [5.41, 5.74) is 0. The molecule has 0 aliphatic rings. The monoisotopic (exact) mass is 1490 g/mol. The number of aliphatic hydroxyl groups excluding tert-OH is 1. The lowest BCUT2D eigenvalue weighted by Gasteiger charge is -2.21. The average Bonchev–Trinajstić information content (AvgIpc) is 0.916. The van der Waals surface area contributed by atoms with Gasteiger partial charge in [0.1, 0.15) is 19.3 Å². The number of hydrogen-bond donors (Lipinski definition) is 3. The molecule has 0 bridgehead atoms. The van der Waals surface area contributed by atoms with Crippen LogP contribution in [0.25, 0.3) is 0 Å². The largest absolute Gasteiger partial charge is 0.472 e. The second-order valence-corrected chi connectivity index (χ2v) is 34.4. The summed E-state index contributed by atoms with van der Waals surface area (Å²) in [4.78, 5) is 73.2. The van der Waals surface area contributed by atoms with E-state index in [1.165, 1.54) is 231 Å². The highest BCUT2D eigenvalue weighted by Crippen LogP contribution is 2.45. The van der Waals surface area contributed by atoms with E-state index in [2.05, 4.69) is 55.4 Å². The third-order valence-corrected chi connectivity index (χ3v) is 21.6. The number of rotatable bonds is 80. The van der Waals surface area contributed by atoms with Crippen molar-refractivity contribution in [3.8, 4) is 0 Å². The van der Waals surface area contributed by atoms with Gasteiger partial charge in [-0.3, -0.25) is 37.3 Å². The third kappa shape index (κ3) is 74.9. The zero-order chi connectivity index (χ0) is 75.3. The summed E-state index contributed by atoms with van der Waals surface area (Å²) in [7, 11) is -9.93. The first-order chi connectivity index (χ1) is 49.1. The van der Waals surface area contributed by atoms with Crippen LogP contribution in [-0.2, 0) is 65.4 Å². The van der Waals surface area contributed by atoms with Gasteiger partial charge in [0.25, 0.3) is 0 Å². The molecule has 102 heavy (non-hydrogen) atoms.